The van der Waals surface area contributed by atoms with Crippen LogP contribution in [0.15, 0.2) is 30.3 Å². The molecule has 4 N–H and O–H groups in total. The molecule has 3 aliphatic rings. The smallest absolute Gasteiger partial charge is 0.312 e. The first-order valence-electron chi connectivity index (χ1n) is 12.8. The van der Waals surface area contributed by atoms with Crippen molar-refractivity contribution in [3.05, 3.63) is 63.2 Å². The standard InChI is InChI=1S/C27H31ClN6O4/c28-19-11-17(15-29)22-14-24(33-6-3-31-4-7-33)25(23(22)13-19)38-20-1-2-21-18(12-20)16-34(26(21)35)8-10-37-9-5-32-27(30)36/h1-2,11-13,24-25,31H,3-10,14,16H2,(H3,30,32,36)/t24-,25-/m0/s1. The molecule has 2 heterocycles. The molecular formula is C27H31ClN6O4. The average Bonchev–Trinajstić information content (AvgIpc) is 3.43. The van der Waals surface area contributed by atoms with Gasteiger partial charge in [0, 0.05) is 56.4 Å². The number of hydrogen-bond donors (Lipinski definition) is 3. The first-order chi connectivity index (χ1) is 18.4. The number of nitrogens with zero attached hydrogens (tertiary/aromatic N) is 3. The number of nitriles is 1. The van der Waals surface area contributed by atoms with Crippen molar-refractivity contribution in [1.29, 1.82) is 5.26 Å². The largest absolute Gasteiger partial charge is 0.484 e. The maximum Gasteiger partial charge on any atom is 0.312 e. The lowest BCUT2D eigenvalue weighted by molar-refractivity contribution is 0.0669. The third-order valence-corrected chi connectivity index (χ3v) is 7.55. The molecule has 5 rings (SSSR count). The highest BCUT2D eigenvalue weighted by Crippen LogP contribution is 2.41. The van der Waals surface area contributed by atoms with Gasteiger partial charge < -0.3 is 30.7 Å². The summed E-state index contributed by atoms with van der Waals surface area (Å²) in [5.74, 6) is 0.643. The highest BCUT2D eigenvalue weighted by molar-refractivity contribution is 6.30. The van der Waals surface area contributed by atoms with Gasteiger partial charge in [-0.3, -0.25) is 9.69 Å². The predicted octanol–water partition coefficient (Wildman–Crippen LogP) is 1.80. The molecule has 0 spiro atoms. The number of primary amides is 1. The van der Waals surface area contributed by atoms with Crippen LogP contribution in [0, 0.1) is 11.3 Å². The highest BCUT2D eigenvalue weighted by Gasteiger charge is 2.40. The second-order valence-corrected chi connectivity index (χ2v) is 10.1. The number of hydrogen-bond acceptors (Lipinski definition) is 7. The van der Waals surface area contributed by atoms with Gasteiger partial charge in [-0.15, -0.1) is 0 Å². The van der Waals surface area contributed by atoms with Crippen LogP contribution in [-0.2, 0) is 17.7 Å². The van der Waals surface area contributed by atoms with Crippen LogP contribution in [-0.4, -0.2) is 80.3 Å². The van der Waals surface area contributed by atoms with Crippen LogP contribution in [0.4, 0.5) is 4.79 Å². The zero-order valence-electron chi connectivity index (χ0n) is 21.0. The molecule has 38 heavy (non-hydrogen) atoms. The SMILES string of the molecule is N#Cc1cc(Cl)cc2c1C[C@H](N1CCNCC1)[C@H]2Oc1ccc2c(c1)CN(CCOCCNC(N)=O)C2=O. The Labute approximate surface area is 226 Å². The molecule has 2 aromatic rings. The molecule has 0 aromatic heterocycles. The van der Waals surface area contributed by atoms with Crippen LogP contribution in [0.1, 0.15) is 38.7 Å². The second-order valence-electron chi connectivity index (χ2n) is 9.68. The average molecular weight is 539 g/mol. The molecule has 2 aliphatic heterocycles. The number of halogens is 1. The van der Waals surface area contributed by atoms with Gasteiger partial charge in [0.1, 0.15) is 11.9 Å². The number of benzene rings is 2. The molecule has 1 saturated heterocycles. The number of fused-ring (bicyclic) bond motifs is 2. The lowest BCUT2D eigenvalue weighted by atomic mass is 10.0. The van der Waals surface area contributed by atoms with Crippen molar-refractivity contribution in [2.75, 3.05) is 52.5 Å². The van der Waals surface area contributed by atoms with E-state index in [1.165, 1.54) is 0 Å². The van der Waals surface area contributed by atoms with E-state index < -0.39 is 6.03 Å². The number of ether oxygens (including phenoxy) is 2. The van der Waals surface area contributed by atoms with E-state index >= 15 is 0 Å². The third kappa shape index (κ3) is 5.56. The lowest BCUT2D eigenvalue weighted by Crippen LogP contribution is -2.50. The van der Waals surface area contributed by atoms with Gasteiger partial charge >= 0.3 is 6.03 Å². The maximum absolute atomic E-state index is 12.9. The summed E-state index contributed by atoms with van der Waals surface area (Å²) in [6.07, 6.45) is 0.453. The lowest BCUT2D eigenvalue weighted by Gasteiger charge is -2.36. The van der Waals surface area contributed by atoms with E-state index in [9.17, 15) is 14.9 Å². The number of nitrogens with two attached hydrogens (primary N) is 1. The Kier molecular flexibility index (Phi) is 8.00. The van der Waals surface area contributed by atoms with Gasteiger partial charge in [-0.05, 0) is 53.4 Å². The number of rotatable bonds is 9. The van der Waals surface area contributed by atoms with Crippen molar-refractivity contribution < 1.29 is 19.1 Å². The molecule has 11 heteroatoms. The minimum Gasteiger partial charge on any atom is -0.484 e. The first-order valence-corrected chi connectivity index (χ1v) is 13.2. The Hall–Kier alpha value is -3.36. The summed E-state index contributed by atoms with van der Waals surface area (Å²) >= 11 is 6.39. The van der Waals surface area contributed by atoms with Crippen LogP contribution in [0.2, 0.25) is 5.02 Å². The van der Waals surface area contributed by atoms with Crippen molar-refractivity contribution in [3.8, 4) is 11.8 Å². The maximum atomic E-state index is 12.9. The van der Waals surface area contributed by atoms with Crippen molar-refractivity contribution in [2.45, 2.75) is 25.1 Å². The molecule has 0 saturated carbocycles. The monoisotopic (exact) mass is 538 g/mol. The Balaban J connectivity index is 1.29. The van der Waals surface area contributed by atoms with Crippen molar-refractivity contribution in [1.82, 2.24) is 20.4 Å². The second kappa shape index (κ2) is 11.6. The molecular weight excluding hydrogens is 508 g/mol. The molecule has 0 unspecified atom stereocenters. The van der Waals surface area contributed by atoms with Crippen LogP contribution in [0.3, 0.4) is 0 Å². The van der Waals surface area contributed by atoms with Gasteiger partial charge in [0.05, 0.1) is 30.9 Å². The van der Waals surface area contributed by atoms with Gasteiger partial charge in [-0.1, -0.05) is 11.6 Å². The summed E-state index contributed by atoms with van der Waals surface area (Å²) in [6.45, 7) is 5.55. The number of carbonyl (C=O) groups is 2. The summed E-state index contributed by atoms with van der Waals surface area (Å²) in [7, 11) is 0. The molecule has 1 aliphatic carbocycles. The minimum absolute atomic E-state index is 0.0410. The summed E-state index contributed by atoms with van der Waals surface area (Å²) < 4.78 is 12.1. The van der Waals surface area contributed by atoms with E-state index in [0.717, 1.165) is 49.3 Å². The molecule has 3 amide bonds. The minimum atomic E-state index is -0.592. The van der Waals surface area contributed by atoms with E-state index in [-0.39, 0.29) is 18.1 Å². The zero-order valence-corrected chi connectivity index (χ0v) is 21.8. The number of urea groups is 1. The summed E-state index contributed by atoms with van der Waals surface area (Å²) in [5, 5.41) is 16.1. The van der Waals surface area contributed by atoms with E-state index in [4.69, 9.17) is 26.8 Å². The molecule has 0 radical (unpaired) electrons. The van der Waals surface area contributed by atoms with E-state index in [2.05, 4.69) is 21.6 Å². The van der Waals surface area contributed by atoms with Crippen molar-refractivity contribution in [2.24, 2.45) is 5.73 Å². The first kappa shape index (κ1) is 26.3. The quantitative estimate of drug-likeness (QED) is 0.415. The molecule has 2 atom stereocenters. The fourth-order valence-corrected chi connectivity index (χ4v) is 5.75. The van der Waals surface area contributed by atoms with Gasteiger partial charge in [0.25, 0.3) is 5.91 Å². The fraction of sp³-hybridized carbons (Fsp3) is 0.444. The Morgan fingerprint density at radius 1 is 1.24 bits per heavy atom. The van der Waals surface area contributed by atoms with Gasteiger partial charge in [-0.25, -0.2) is 4.79 Å². The Morgan fingerprint density at radius 2 is 2.05 bits per heavy atom. The van der Waals surface area contributed by atoms with E-state index in [0.29, 0.717) is 54.7 Å². The van der Waals surface area contributed by atoms with Crippen LogP contribution < -0.4 is 21.1 Å². The molecule has 0 bridgehead atoms. The van der Waals surface area contributed by atoms with Gasteiger partial charge in [0.15, 0.2) is 0 Å². The topological polar surface area (TPSA) is 133 Å². The summed E-state index contributed by atoms with van der Waals surface area (Å²) in [5.41, 5.74) is 9.15. The van der Waals surface area contributed by atoms with Crippen molar-refractivity contribution >= 4 is 23.5 Å². The number of carbonyl (C=O) groups excluding carboxylic acids is 2. The molecule has 2 aromatic carbocycles. The third-order valence-electron chi connectivity index (χ3n) is 7.33. The van der Waals surface area contributed by atoms with E-state index in [1.807, 2.05) is 24.3 Å². The predicted molar refractivity (Wildman–Crippen MR) is 141 cm³/mol. The van der Waals surface area contributed by atoms with Crippen LogP contribution in [0.25, 0.3) is 0 Å². The normalized spacial score (nSPS) is 20.6. The zero-order chi connectivity index (χ0) is 26.6. The Bertz CT molecular complexity index is 1260. The van der Waals surface area contributed by atoms with Crippen molar-refractivity contribution in [3.63, 3.8) is 0 Å². The molecule has 200 valence electrons. The summed E-state index contributed by atoms with van der Waals surface area (Å²) in [4.78, 5) is 27.8. The van der Waals surface area contributed by atoms with Crippen LogP contribution >= 0.6 is 11.6 Å². The fourth-order valence-electron chi connectivity index (χ4n) is 5.52. The number of nitrogens with one attached hydrogen (secondary N) is 2. The number of amides is 3. The number of piperazine rings is 1. The van der Waals surface area contributed by atoms with Gasteiger partial charge in [-0.2, -0.15) is 5.26 Å². The molecule has 10 nitrogen and oxygen atoms in total. The van der Waals surface area contributed by atoms with E-state index in [1.54, 1.807) is 11.0 Å². The summed E-state index contributed by atoms with van der Waals surface area (Å²) in [6, 6.07) is 11.0. The van der Waals surface area contributed by atoms with Gasteiger partial charge in [0.2, 0.25) is 0 Å². The molecule has 1 fully saturated rings. The Morgan fingerprint density at radius 3 is 2.82 bits per heavy atom. The van der Waals surface area contributed by atoms with Crippen LogP contribution in [0.5, 0.6) is 5.75 Å². The highest BCUT2D eigenvalue weighted by atomic mass is 35.5.